The van der Waals surface area contributed by atoms with Crippen molar-refractivity contribution in [3.05, 3.63) is 94.3 Å². The third-order valence-electron chi connectivity index (χ3n) is 4.86. The molecule has 0 amide bonds. The fraction of sp³-hybridized carbons (Fsp3) is 0.182. The Bertz CT molecular complexity index is 947. The van der Waals surface area contributed by atoms with Crippen molar-refractivity contribution in [3.8, 4) is 0 Å². The van der Waals surface area contributed by atoms with E-state index in [2.05, 4.69) is 58.3 Å². The molecule has 2 heterocycles. The van der Waals surface area contributed by atoms with Crippen LogP contribution in [0, 0.1) is 0 Å². The second-order valence-electron chi connectivity index (χ2n) is 6.54. The fourth-order valence-electron chi connectivity index (χ4n) is 3.50. The Morgan fingerprint density at radius 3 is 2.54 bits per heavy atom. The summed E-state index contributed by atoms with van der Waals surface area (Å²) in [5.74, 6) is 0.314. The molecule has 0 aliphatic rings. The fourth-order valence-corrected chi connectivity index (χ4v) is 4.36. The van der Waals surface area contributed by atoms with E-state index in [4.69, 9.17) is 0 Å². The lowest BCUT2D eigenvalue weighted by atomic mass is 9.96. The van der Waals surface area contributed by atoms with Gasteiger partial charge in [-0.2, -0.15) is 0 Å². The van der Waals surface area contributed by atoms with Crippen molar-refractivity contribution >= 4 is 22.2 Å². The van der Waals surface area contributed by atoms with Gasteiger partial charge in [0.2, 0.25) is 0 Å². The average Bonchev–Trinajstić information content (AvgIpc) is 3.36. The van der Waals surface area contributed by atoms with Crippen molar-refractivity contribution < 1.29 is 10.4 Å². The smallest absolute Gasteiger partial charge is 0.128 e. The molecular formula is C22H23N2OS+. The SMILES string of the molecule is O[C@H](C[NH2+]C[C@@H](c1cccs1)c1c[nH]c2ccccc12)c1ccccc1. The van der Waals surface area contributed by atoms with Crippen LogP contribution in [0.15, 0.2) is 78.3 Å². The van der Waals surface area contributed by atoms with Gasteiger partial charge in [-0.3, -0.25) is 0 Å². The largest absolute Gasteiger partial charge is 0.382 e. The van der Waals surface area contributed by atoms with E-state index >= 15 is 0 Å². The van der Waals surface area contributed by atoms with Crippen LogP contribution in [-0.4, -0.2) is 23.2 Å². The predicted molar refractivity (Wildman–Crippen MR) is 108 cm³/mol. The number of quaternary nitrogens is 1. The molecular weight excluding hydrogens is 340 g/mol. The summed E-state index contributed by atoms with van der Waals surface area (Å²) in [6, 6.07) is 22.7. The Morgan fingerprint density at radius 2 is 1.73 bits per heavy atom. The average molecular weight is 364 g/mol. The summed E-state index contributed by atoms with van der Waals surface area (Å²) >= 11 is 1.80. The molecule has 0 aliphatic carbocycles. The summed E-state index contributed by atoms with van der Waals surface area (Å²) in [4.78, 5) is 4.76. The number of H-pyrrole nitrogens is 1. The molecule has 2 aromatic heterocycles. The van der Waals surface area contributed by atoms with E-state index in [0.717, 1.165) is 12.1 Å². The Balaban J connectivity index is 1.52. The summed E-state index contributed by atoms with van der Waals surface area (Å²) < 4.78 is 0. The molecule has 0 unspecified atom stereocenters. The highest BCUT2D eigenvalue weighted by atomic mass is 32.1. The maximum atomic E-state index is 10.4. The highest BCUT2D eigenvalue weighted by Gasteiger charge is 2.21. The van der Waals surface area contributed by atoms with Crippen molar-refractivity contribution in [1.29, 1.82) is 0 Å². The van der Waals surface area contributed by atoms with Gasteiger partial charge in [-0.25, -0.2) is 0 Å². The number of rotatable bonds is 7. The van der Waals surface area contributed by atoms with Gasteiger partial charge >= 0.3 is 0 Å². The van der Waals surface area contributed by atoms with Crippen LogP contribution in [0.5, 0.6) is 0 Å². The van der Waals surface area contributed by atoms with Crippen LogP contribution in [0.1, 0.15) is 28.0 Å². The quantitative estimate of drug-likeness (QED) is 0.461. The molecule has 4 aromatic rings. The van der Waals surface area contributed by atoms with E-state index in [1.807, 2.05) is 30.3 Å². The molecule has 0 radical (unpaired) electrons. The normalized spacial score (nSPS) is 13.7. The van der Waals surface area contributed by atoms with Gasteiger partial charge in [0.25, 0.3) is 0 Å². The molecule has 0 spiro atoms. The van der Waals surface area contributed by atoms with Crippen LogP contribution in [0.2, 0.25) is 0 Å². The first kappa shape index (κ1) is 17.0. The molecule has 26 heavy (non-hydrogen) atoms. The summed E-state index contributed by atoms with van der Waals surface area (Å²) in [7, 11) is 0. The molecule has 4 rings (SSSR count). The van der Waals surface area contributed by atoms with Crippen LogP contribution in [-0.2, 0) is 0 Å². The minimum Gasteiger partial charge on any atom is -0.382 e. The Hall–Kier alpha value is -2.40. The van der Waals surface area contributed by atoms with Gasteiger partial charge in [0.1, 0.15) is 12.6 Å². The van der Waals surface area contributed by atoms with Crippen molar-refractivity contribution in [1.82, 2.24) is 4.98 Å². The number of fused-ring (bicyclic) bond motifs is 1. The standard InChI is InChI=1S/C22H22N2OS/c25-21(16-7-2-1-3-8-16)15-23-13-19(22-11-6-12-26-22)18-14-24-20-10-5-4-9-17(18)20/h1-12,14,19,21,23-25H,13,15H2/p+1/t19-,21-/m1/s1. The summed E-state index contributed by atoms with van der Waals surface area (Å²) in [5.41, 5.74) is 3.48. The van der Waals surface area contributed by atoms with Gasteiger partial charge in [-0.05, 0) is 28.6 Å². The Labute approximate surface area is 157 Å². The van der Waals surface area contributed by atoms with Gasteiger partial charge in [0.15, 0.2) is 0 Å². The number of nitrogens with one attached hydrogen (secondary N) is 1. The highest BCUT2D eigenvalue weighted by molar-refractivity contribution is 7.10. The Kier molecular flexibility index (Phi) is 5.16. The van der Waals surface area contributed by atoms with Crippen LogP contribution in [0.25, 0.3) is 10.9 Å². The molecule has 4 N–H and O–H groups in total. The molecule has 2 atom stereocenters. The monoisotopic (exact) mass is 363 g/mol. The first-order valence-electron chi connectivity index (χ1n) is 8.97. The maximum absolute atomic E-state index is 10.4. The molecule has 3 nitrogen and oxygen atoms in total. The van der Waals surface area contributed by atoms with Gasteiger partial charge in [0.05, 0.1) is 12.5 Å². The minimum absolute atomic E-state index is 0.314. The van der Waals surface area contributed by atoms with Crippen molar-refractivity contribution in [2.45, 2.75) is 12.0 Å². The topological polar surface area (TPSA) is 52.6 Å². The van der Waals surface area contributed by atoms with E-state index in [1.54, 1.807) is 11.3 Å². The molecule has 132 valence electrons. The lowest BCUT2D eigenvalue weighted by molar-refractivity contribution is -0.663. The first-order chi connectivity index (χ1) is 12.8. The number of para-hydroxylation sites is 1. The van der Waals surface area contributed by atoms with Gasteiger partial charge in [0, 0.05) is 22.0 Å². The molecule has 0 saturated heterocycles. The highest BCUT2D eigenvalue weighted by Crippen LogP contribution is 2.32. The van der Waals surface area contributed by atoms with E-state index in [0.29, 0.717) is 12.5 Å². The van der Waals surface area contributed by atoms with Crippen molar-refractivity contribution in [2.24, 2.45) is 0 Å². The van der Waals surface area contributed by atoms with Crippen LogP contribution < -0.4 is 5.32 Å². The molecule has 0 aliphatic heterocycles. The third kappa shape index (κ3) is 3.58. The zero-order chi connectivity index (χ0) is 17.8. The molecule has 2 aromatic carbocycles. The first-order valence-corrected chi connectivity index (χ1v) is 9.85. The zero-order valence-corrected chi connectivity index (χ0v) is 15.3. The zero-order valence-electron chi connectivity index (χ0n) is 14.5. The van der Waals surface area contributed by atoms with E-state index < -0.39 is 6.10 Å². The number of nitrogens with two attached hydrogens (primary N) is 1. The van der Waals surface area contributed by atoms with Crippen LogP contribution in [0.4, 0.5) is 0 Å². The number of aromatic amines is 1. The van der Waals surface area contributed by atoms with Gasteiger partial charge in [-0.15, -0.1) is 11.3 Å². The number of aromatic nitrogens is 1. The van der Waals surface area contributed by atoms with Crippen molar-refractivity contribution in [3.63, 3.8) is 0 Å². The lowest BCUT2D eigenvalue weighted by Crippen LogP contribution is -2.86. The molecule has 0 bridgehead atoms. The van der Waals surface area contributed by atoms with Crippen LogP contribution >= 0.6 is 11.3 Å². The lowest BCUT2D eigenvalue weighted by Gasteiger charge is -2.16. The van der Waals surface area contributed by atoms with Crippen LogP contribution in [0.3, 0.4) is 0 Å². The van der Waals surface area contributed by atoms with Gasteiger partial charge in [-0.1, -0.05) is 54.6 Å². The van der Waals surface area contributed by atoms with E-state index in [-0.39, 0.29) is 0 Å². The molecule has 4 heteroatoms. The second-order valence-corrected chi connectivity index (χ2v) is 7.52. The number of hydrogen-bond acceptors (Lipinski definition) is 2. The minimum atomic E-state index is -0.442. The van der Waals surface area contributed by atoms with E-state index in [1.165, 1.54) is 21.3 Å². The number of thiophene rings is 1. The van der Waals surface area contributed by atoms with Crippen molar-refractivity contribution in [2.75, 3.05) is 13.1 Å². The predicted octanol–water partition coefficient (Wildman–Crippen LogP) is 3.66. The second kappa shape index (κ2) is 7.87. The molecule has 0 saturated carbocycles. The number of benzene rings is 2. The number of aliphatic hydroxyl groups is 1. The summed E-state index contributed by atoms with van der Waals surface area (Å²) in [5, 5.41) is 16.1. The third-order valence-corrected chi connectivity index (χ3v) is 5.85. The van der Waals surface area contributed by atoms with E-state index in [9.17, 15) is 5.11 Å². The number of aliphatic hydroxyl groups excluding tert-OH is 1. The molecule has 0 fully saturated rings. The maximum Gasteiger partial charge on any atom is 0.128 e. The summed E-state index contributed by atoms with van der Waals surface area (Å²) in [6.07, 6.45) is 1.69. The van der Waals surface area contributed by atoms with Gasteiger partial charge < -0.3 is 15.4 Å². The Morgan fingerprint density at radius 1 is 0.923 bits per heavy atom. The number of hydrogen-bond donors (Lipinski definition) is 3. The summed E-state index contributed by atoms with van der Waals surface area (Å²) in [6.45, 7) is 1.57.